The molecule has 0 saturated heterocycles. The highest BCUT2D eigenvalue weighted by molar-refractivity contribution is 6.17. The Morgan fingerprint density at radius 2 is 1.93 bits per heavy atom. The van der Waals surface area contributed by atoms with E-state index in [1.807, 2.05) is 0 Å². The van der Waals surface area contributed by atoms with Gasteiger partial charge in [0.2, 0.25) is 0 Å². The van der Waals surface area contributed by atoms with Crippen molar-refractivity contribution in [3.8, 4) is 5.75 Å². The molecule has 1 rings (SSSR count). The third-order valence-electron chi connectivity index (χ3n) is 1.57. The SMILES string of the molecule is Nc1cc(F)cc(OC(F)(F)F)c1CCl. The van der Waals surface area contributed by atoms with Crippen molar-refractivity contribution in [2.45, 2.75) is 12.2 Å². The summed E-state index contributed by atoms with van der Waals surface area (Å²) in [6, 6.07) is 1.46. The fourth-order valence-corrected chi connectivity index (χ4v) is 1.28. The molecule has 0 heterocycles. The first kappa shape index (κ1) is 11.9. The molecular formula is C8H6ClF4NO. The van der Waals surface area contributed by atoms with E-state index in [2.05, 4.69) is 4.74 Å². The summed E-state index contributed by atoms with van der Waals surface area (Å²) in [7, 11) is 0. The Balaban J connectivity index is 3.15. The lowest BCUT2D eigenvalue weighted by molar-refractivity contribution is -0.274. The second-order valence-corrected chi connectivity index (χ2v) is 2.92. The Kier molecular flexibility index (Phi) is 3.28. The van der Waals surface area contributed by atoms with Crippen molar-refractivity contribution in [3.05, 3.63) is 23.5 Å². The zero-order valence-corrected chi connectivity index (χ0v) is 7.99. The molecule has 0 bridgehead atoms. The predicted octanol–water partition coefficient (Wildman–Crippen LogP) is 3.05. The zero-order valence-electron chi connectivity index (χ0n) is 7.24. The summed E-state index contributed by atoms with van der Waals surface area (Å²) < 4.78 is 52.0. The van der Waals surface area contributed by atoms with Crippen molar-refractivity contribution in [1.29, 1.82) is 0 Å². The van der Waals surface area contributed by atoms with Gasteiger partial charge in [-0.15, -0.1) is 24.8 Å². The van der Waals surface area contributed by atoms with Crippen molar-refractivity contribution < 1.29 is 22.3 Å². The average molecular weight is 244 g/mol. The van der Waals surface area contributed by atoms with E-state index >= 15 is 0 Å². The van der Waals surface area contributed by atoms with Crippen LogP contribution in [0.3, 0.4) is 0 Å². The standard InChI is InChI=1S/C8H6ClF4NO/c9-3-5-6(14)1-4(10)2-7(5)15-8(11,12)13/h1-2H,3,14H2. The first-order valence-corrected chi connectivity index (χ1v) is 4.26. The number of anilines is 1. The molecule has 84 valence electrons. The summed E-state index contributed by atoms with van der Waals surface area (Å²) in [5, 5.41) is 0. The highest BCUT2D eigenvalue weighted by Gasteiger charge is 2.32. The molecule has 0 atom stereocenters. The Labute approximate surface area is 87.6 Å². The third kappa shape index (κ3) is 3.16. The molecule has 0 aliphatic rings. The minimum Gasteiger partial charge on any atom is -0.405 e. The van der Waals surface area contributed by atoms with Gasteiger partial charge in [0, 0.05) is 17.3 Å². The largest absolute Gasteiger partial charge is 0.573 e. The maximum atomic E-state index is 12.7. The van der Waals surface area contributed by atoms with E-state index in [-0.39, 0.29) is 17.1 Å². The van der Waals surface area contributed by atoms with E-state index in [0.29, 0.717) is 6.07 Å². The smallest absolute Gasteiger partial charge is 0.405 e. The summed E-state index contributed by atoms with van der Waals surface area (Å²) in [6.45, 7) is 0. The second-order valence-electron chi connectivity index (χ2n) is 2.65. The molecule has 15 heavy (non-hydrogen) atoms. The molecule has 0 radical (unpaired) electrons. The number of nitrogen functional groups attached to an aromatic ring is 1. The van der Waals surface area contributed by atoms with Gasteiger partial charge in [-0.05, 0) is 6.07 Å². The molecule has 0 aliphatic carbocycles. The van der Waals surface area contributed by atoms with Crippen molar-refractivity contribution in [2.75, 3.05) is 5.73 Å². The monoisotopic (exact) mass is 243 g/mol. The van der Waals surface area contributed by atoms with Gasteiger partial charge >= 0.3 is 6.36 Å². The van der Waals surface area contributed by atoms with E-state index in [1.165, 1.54) is 0 Å². The van der Waals surface area contributed by atoms with E-state index in [4.69, 9.17) is 17.3 Å². The minimum atomic E-state index is -4.90. The fourth-order valence-electron chi connectivity index (χ4n) is 0.991. The number of benzene rings is 1. The topological polar surface area (TPSA) is 35.2 Å². The molecule has 2 N–H and O–H groups in total. The lowest BCUT2D eigenvalue weighted by Gasteiger charge is -2.13. The molecule has 0 amide bonds. The van der Waals surface area contributed by atoms with Gasteiger partial charge in [0.15, 0.2) is 0 Å². The van der Waals surface area contributed by atoms with Crippen LogP contribution in [0.5, 0.6) is 5.75 Å². The molecule has 0 fully saturated rings. The minimum absolute atomic E-state index is 0.0876. The van der Waals surface area contributed by atoms with Crippen LogP contribution in [0.1, 0.15) is 5.56 Å². The van der Waals surface area contributed by atoms with Gasteiger partial charge in [-0.25, -0.2) is 4.39 Å². The van der Waals surface area contributed by atoms with E-state index < -0.39 is 17.9 Å². The molecule has 1 aromatic carbocycles. The van der Waals surface area contributed by atoms with Crippen LogP contribution in [0.2, 0.25) is 0 Å². The van der Waals surface area contributed by atoms with Crippen LogP contribution < -0.4 is 10.5 Å². The molecule has 0 spiro atoms. The highest BCUT2D eigenvalue weighted by Crippen LogP contribution is 2.32. The molecule has 7 heteroatoms. The Hall–Kier alpha value is -1.17. The summed E-state index contributed by atoms with van der Waals surface area (Å²) >= 11 is 5.37. The summed E-state index contributed by atoms with van der Waals surface area (Å²) in [6.07, 6.45) is -4.90. The maximum absolute atomic E-state index is 12.7. The summed E-state index contributed by atoms with van der Waals surface area (Å²) in [4.78, 5) is 0. The van der Waals surface area contributed by atoms with Crippen LogP contribution in [0, 0.1) is 5.82 Å². The number of hydrogen-bond donors (Lipinski definition) is 1. The number of hydrogen-bond acceptors (Lipinski definition) is 2. The quantitative estimate of drug-likeness (QED) is 0.492. The fraction of sp³-hybridized carbons (Fsp3) is 0.250. The normalized spacial score (nSPS) is 11.5. The lowest BCUT2D eigenvalue weighted by atomic mass is 10.2. The van der Waals surface area contributed by atoms with Crippen LogP contribution >= 0.6 is 11.6 Å². The van der Waals surface area contributed by atoms with Crippen LogP contribution in [0.25, 0.3) is 0 Å². The van der Waals surface area contributed by atoms with Gasteiger partial charge in [0.05, 0.1) is 5.88 Å². The van der Waals surface area contributed by atoms with Crippen LogP contribution in [-0.4, -0.2) is 6.36 Å². The lowest BCUT2D eigenvalue weighted by Crippen LogP contribution is -2.18. The number of ether oxygens (including phenoxy) is 1. The first-order valence-electron chi connectivity index (χ1n) is 3.73. The Morgan fingerprint density at radius 3 is 2.40 bits per heavy atom. The van der Waals surface area contributed by atoms with E-state index in [1.54, 1.807) is 0 Å². The molecule has 1 aromatic rings. The summed E-state index contributed by atoms with van der Waals surface area (Å²) in [5.41, 5.74) is 5.02. The Morgan fingerprint density at radius 1 is 1.33 bits per heavy atom. The molecule has 2 nitrogen and oxygen atoms in total. The first-order chi connectivity index (χ1) is 6.83. The summed E-state index contributed by atoms with van der Waals surface area (Å²) in [5.74, 6) is -1.92. The van der Waals surface area contributed by atoms with Crippen molar-refractivity contribution in [1.82, 2.24) is 0 Å². The predicted molar refractivity (Wildman–Crippen MR) is 47.1 cm³/mol. The van der Waals surface area contributed by atoms with Gasteiger partial charge in [0.1, 0.15) is 11.6 Å². The number of nitrogens with two attached hydrogens (primary N) is 1. The number of halogens is 5. The maximum Gasteiger partial charge on any atom is 0.573 e. The van der Waals surface area contributed by atoms with Gasteiger partial charge < -0.3 is 10.5 Å². The third-order valence-corrected chi connectivity index (χ3v) is 1.83. The zero-order chi connectivity index (χ0) is 11.6. The van der Waals surface area contributed by atoms with Crippen LogP contribution in [0.15, 0.2) is 12.1 Å². The molecule has 0 aromatic heterocycles. The molecular weight excluding hydrogens is 238 g/mol. The van der Waals surface area contributed by atoms with Crippen molar-refractivity contribution in [2.24, 2.45) is 0 Å². The van der Waals surface area contributed by atoms with E-state index in [9.17, 15) is 17.6 Å². The van der Waals surface area contributed by atoms with Gasteiger partial charge in [-0.1, -0.05) is 0 Å². The van der Waals surface area contributed by atoms with Gasteiger partial charge in [0.25, 0.3) is 0 Å². The van der Waals surface area contributed by atoms with E-state index in [0.717, 1.165) is 6.07 Å². The Bertz CT molecular complexity index is 366. The van der Waals surface area contributed by atoms with Crippen molar-refractivity contribution in [3.63, 3.8) is 0 Å². The number of rotatable bonds is 2. The molecule has 0 saturated carbocycles. The van der Waals surface area contributed by atoms with Crippen LogP contribution in [-0.2, 0) is 5.88 Å². The van der Waals surface area contributed by atoms with Gasteiger partial charge in [-0.3, -0.25) is 0 Å². The highest BCUT2D eigenvalue weighted by atomic mass is 35.5. The number of alkyl halides is 4. The van der Waals surface area contributed by atoms with Crippen LogP contribution in [0.4, 0.5) is 23.2 Å². The second kappa shape index (κ2) is 4.14. The molecule has 0 aliphatic heterocycles. The molecule has 0 unspecified atom stereocenters. The van der Waals surface area contributed by atoms with Crippen molar-refractivity contribution >= 4 is 17.3 Å². The average Bonchev–Trinajstić information content (AvgIpc) is 1.99. The van der Waals surface area contributed by atoms with Gasteiger partial charge in [-0.2, -0.15) is 0 Å².